The van der Waals surface area contributed by atoms with Crippen molar-refractivity contribution in [3.8, 4) is 0 Å². The molecule has 2 aromatic carbocycles. The molecule has 0 radical (unpaired) electrons. The molecule has 0 aliphatic rings. The van der Waals surface area contributed by atoms with Gasteiger partial charge in [-0.15, -0.1) is 0 Å². The van der Waals surface area contributed by atoms with E-state index in [0.717, 1.165) is 18.2 Å². The van der Waals surface area contributed by atoms with Crippen LogP contribution in [0.1, 0.15) is 18.9 Å². The first-order chi connectivity index (χ1) is 12.1. The molecule has 1 heterocycles. The van der Waals surface area contributed by atoms with Crippen molar-refractivity contribution in [1.29, 1.82) is 0 Å². The number of nitrogens with zero attached hydrogens (tertiary/aromatic N) is 1. The first-order valence-electron chi connectivity index (χ1n) is 8.55. The number of benzene rings is 2. The second-order valence-electron chi connectivity index (χ2n) is 6.33. The molecule has 128 valence electrons. The lowest BCUT2D eigenvalue weighted by atomic mass is 10.1. The van der Waals surface area contributed by atoms with Crippen LogP contribution < -0.4 is 10.9 Å². The lowest BCUT2D eigenvalue weighted by Crippen LogP contribution is -2.37. The number of nitrogens with one attached hydrogen (secondary N) is 1. The van der Waals surface area contributed by atoms with E-state index in [2.05, 4.69) is 17.4 Å². The number of hydrogen-bond acceptors (Lipinski definition) is 2. The molecule has 4 heteroatoms. The summed E-state index contributed by atoms with van der Waals surface area (Å²) in [5.41, 5.74) is 1.12. The van der Waals surface area contributed by atoms with Crippen molar-refractivity contribution >= 4 is 16.7 Å². The zero-order valence-electron chi connectivity index (χ0n) is 14.3. The van der Waals surface area contributed by atoms with Crippen molar-refractivity contribution in [2.75, 3.05) is 0 Å². The molecule has 1 atom stereocenters. The number of aryl methyl sites for hydroxylation is 1. The smallest absolute Gasteiger partial charge is 0.258 e. The first-order valence-corrected chi connectivity index (χ1v) is 8.55. The summed E-state index contributed by atoms with van der Waals surface area (Å²) in [7, 11) is 0. The van der Waals surface area contributed by atoms with E-state index in [0.29, 0.717) is 5.39 Å². The van der Waals surface area contributed by atoms with Crippen molar-refractivity contribution < 1.29 is 4.79 Å². The third-order valence-electron chi connectivity index (χ3n) is 4.32. The van der Waals surface area contributed by atoms with E-state index in [4.69, 9.17) is 0 Å². The fraction of sp³-hybridized carbons (Fsp3) is 0.238. The van der Waals surface area contributed by atoms with E-state index in [1.807, 2.05) is 49.4 Å². The van der Waals surface area contributed by atoms with Crippen LogP contribution in [0.25, 0.3) is 10.8 Å². The average Bonchev–Trinajstić information content (AvgIpc) is 2.63. The van der Waals surface area contributed by atoms with Crippen LogP contribution >= 0.6 is 0 Å². The van der Waals surface area contributed by atoms with Crippen molar-refractivity contribution in [1.82, 2.24) is 9.88 Å². The summed E-state index contributed by atoms with van der Waals surface area (Å²) in [6, 6.07) is 19.5. The van der Waals surface area contributed by atoms with E-state index in [9.17, 15) is 9.59 Å². The van der Waals surface area contributed by atoms with Crippen LogP contribution in [0.2, 0.25) is 0 Å². The zero-order chi connectivity index (χ0) is 17.6. The third kappa shape index (κ3) is 4.35. The van der Waals surface area contributed by atoms with Crippen molar-refractivity contribution in [3.05, 3.63) is 82.8 Å². The molecule has 1 amide bonds. The number of hydrogen-bond donors (Lipinski definition) is 1. The highest BCUT2D eigenvalue weighted by Gasteiger charge is 2.10. The Morgan fingerprint density at radius 3 is 2.56 bits per heavy atom. The summed E-state index contributed by atoms with van der Waals surface area (Å²) >= 11 is 0. The molecule has 0 spiro atoms. The van der Waals surface area contributed by atoms with Gasteiger partial charge in [0.1, 0.15) is 6.54 Å². The summed E-state index contributed by atoms with van der Waals surface area (Å²) in [5.74, 6) is -0.141. The molecule has 0 aliphatic heterocycles. The van der Waals surface area contributed by atoms with Crippen LogP contribution in [0.5, 0.6) is 0 Å². The Morgan fingerprint density at radius 1 is 1.04 bits per heavy atom. The normalized spacial score (nSPS) is 12.0. The lowest BCUT2D eigenvalue weighted by molar-refractivity contribution is -0.122. The molecule has 0 saturated carbocycles. The molecule has 1 aromatic heterocycles. The second-order valence-corrected chi connectivity index (χ2v) is 6.33. The molecular formula is C21H22N2O2. The van der Waals surface area contributed by atoms with E-state index in [-0.39, 0.29) is 24.1 Å². The Bertz CT molecular complexity index is 916. The molecule has 3 rings (SSSR count). The minimum atomic E-state index is -0.141. The van der Waals surface area contributed by atoms with Crippen LogP contribution in [0.15, 0.2) is 71.7 Å². The standard InChI is InChI=1S/C21H22N2O2/c1-16(11-12-17-7-3-2-4-8-17)22-20(24)15-23-14-13-18-9-5-6-10-19(18)21(23)25/h2-10,13-14,16H,11-12,15H2,1H3,(H,22,24)/t16-/m1/s1. The van der Waals surface area contributed by atoms with Gasteiger partial charge in [-0.1, -0.05) is 48.5 Å². The van der Waals surface area contributed by atoms with Crippen molar-refractivity contribution in [2.45, 2.75) is 32.4 Å². The summed E-state index contributed by atoms with van der Waals surface area (Å²) in [4.78, 5) is 24.7. The monoisotopic (exact) mass is 334 g/mol. The van der Waals surface area contributed by atoms with E-state index in [1.165, 1.54) is 10.1 Å². The van der Waals surface area contributed by atoms with Gasteiger partial charge in [-0.25, -0.2) is 0 Å². The van der Waals surface area contributed by atoms with E-state index in [1.54, 1.807) is 12.3 Å². The maximum absolute atomic E-state index is 12.4. The number of carbonyl (C=O) groups is 1. The molecule has 4 nitrogen and oxygen atoms in total. The van der Waals surface area contributed by atoms with Gasteiger partial charge in [0.15, 0.2) is 0 Å². The zero-order valence-corrected chi connectivity index (χ0v) is 14.3. The van der Waals surface area contributed by atoms with Gasteiger partial charge in [0, 0.05) is 17.6 Å². The molecule has 25 heavy (non-hydrogen) atoms. The predicted octanol–water partition coefficient (Wildman–Crippen LogP) is 3.14. The second kappa shape index (κ2) is 7.79. The van der Waals surface area contributed by atoms with Crippen LogP contribution in [-0.4, -0.2) is 16.5 Å². The van der Waals surface area contributed by atoms with Gasteiger partial charge in [-0.05, 0) is 42.8 Å². The topological polar surface area (TPSA) is 51.1 Å². The molecule has 0 aliphatic carbocycles. The van der Waals surface area contributed by atoms with Gasteiger partial charge in [0.05, 0.1) is 0 Å². The molecule has 0 bridgehead atoms. The third-order valence-corrected chi connectivity index (χ3v) is 4.32. The summed E-state index contributed by atoms with van der Waals surface area (Å²) in [6.07, 6.45) is 3.46. The number of fused-ring (bicyclic) bond motifs is 1. The molecule has 0 unspecified atom stereocenters. The predicted molar refractivity (Wildman–Crippen MR) is 101 cm³/mol. The van der Waals surface area contributed by atoms with Gasteiger partial charge < -0.3 is 9.88 Å². The van der Waals surface area contributed by atoms with Crippen LogP contribution in [-0.2, 0) is 17.8 Å². The molecule has 0 fully saturated rings. The van der Waals surface area contributed by atoms with Crippen LogP contribution in [0.4, 0.5) is 0 Å². The molecule has 3 aromatic rings. The van der Waals surface area contributed by atoms with Gasteiger partial charge in [0.2, 0.25) is 5.91 Å². The molecular weight excluding hydrogens is 312 g/mol. The number of pyridine rings is 1. The van der Waals surface area contributed by atoms with Crippen molar-refractivity contribution in [2.24, 2.45) is 0 Å². The number of amides is 1. The Morgan fingerprint density at radius 2 is 1.76 bits per heavy atom. The first kappa shape index (κ1) is 17.0. The maximum atomic E-state index is 12.4. The average molecular weight is 334 g/mol. The van der Waals surface area contributed by atoms with Gasteiger partial charge in [-0.3, -0.25) is 9.59 Å². The molecule has 0 saturated heterocycles. The summed E-state index contributed by atoms with van der Waals surface area (Å²) in [6.45, 7) is 2.03. The van der Waals surface area contributed by atoms with Crippen LogP contribution in [0, 0.1) is 0 Å². The van der Waals surface area contributed by atoms with Crippen molar-refractivity contribution in [3.63, 3.8) is 0 Å². The van der Waals surface area contributed by atoms with Gasteiger partial charge >= 0.3 is 0 Å². The number of rotatable bonds is 6. The Hall–Kier alpha value is -2.88. The Balaban J connectivity index is 1.59. The lowest BCUT2D eigenvalue weighted by Gasteiger charge is -2.15. The molecule has 1 N–H and O–H groups in total. The Kier molecular flexibility index (Phi) is 5.29. The van der Waals surface area contributed by atoms with E-state index < -0.39 is 0 Å². The minimum absolute atomic E-state index is 0.0410. The fourth-order valence-corrected chi connectivity index (χ4v) is 2.93. The van der Waals surface area contributed by atoms with Crippen LogP contribution in [0.3, 0.4) is 0 Å². The largest absolute Gasteiger partial charge is 0.352 e. The van der Waals surface area contributed by atoms with Gasteiger partial charge in [-0.2, -0.15) is 0 Å². The van der Waals surface area contributed by atoms with Gasteiger partial charge in [0.25, 0.3) is 5.56 Å². The highest BCUT2D eigenvalue weighted by molar-refractivity contribution is 5.82. The quantitative estimate of drug-likeness (QED) is 0.753. The highest BCUT2D eigenvalue weighted by atomic mass is 16.2. The minimum Gasteiger partial charge on any atom is -0.352 e. The SMILES string of the molecule is C[C@H](CCc1ccccc1)NC(=O)Cn1ccc2ccccc2c1=O. The number of carbonyl (C=O) groups excluding carboxylic acids is 1. The summed E-state index contributed by atoms with van der Waals surface area (Å²) < 4.78 is 1.46. The fourth-order valence-electron chi connectivity index (χ4n) is 2.93. The summed E-state index contributed by atoms with van der Waals surface area (Å²) in [5, 5.41) is 4.50. The highest BCUT2D eigenvalue weighted by Crippen LogP contribution is 2.08. The Labute approximate surface area is 147 Å². The number of aromatic nitrogens is 1. The van der Waals surface area contributed by atoms with E-state index >= 15 is 0 Å². The maximum Gasteiger partial charge on any atom is 0.258 e.